The minimum atomic E-state index is 0. The highest BCUT2D eigenvalue weighted by Gasteiger charge is 2.19. The van der Waals surface area contributed by atoms with E-state index >= 15 is 0 Å². The number of halogens is 2. The minimum absolute atomic E-state index is 0. The van der Waals surface area contributed by atoms with E-state index in [4.69, 9.17) is 16.7 Å². The van der Waals surface area contributed by atoms with Crippen LogP contribution in [0.2, 0.25) is 5.02 Å². The first-order valence-electron chi connectivity index (χ1n) is 8.26. The summed E-state index contributed by atoms with van der Waals surface area (Å²) in [6, 6.07) is 8.55. The van der Waals surface area contributed by atoms with Gasteiger partial charge in [0.25, 0.3) is 0 Å². The molecule has 1 atom stereocenters. The van der Waals surface area contributed by atoms with E-state index < -0.39 is 0 Å². The number of hydrogen-bond acceptors (Lipinski definition) is 3. The Kier molecular flexibility index (Phi) is 6.70. The largest absolute Gasteiger partial charge is 0.312 e. The molecule has 1 aliphatic rings. The average Bonchev–Trinajstić information content (AvgIpc) is 2.77. The van der Waals surface area contributed by atoms with Gasteiger partial charge in [0.2, 0.25) is 0 Å². The molecular formula is C18H26Cl2N4. The molecule has 24 heavy (non-hydrogen) atoms. The number of rotatable bonds is 4. The fraction of sp³-hybridized carbons (Fsp3) is 0.500. The SMILES string of the molecule is Cc1nn(Cc2ccccc2Cl)c(C)c1CN1CCNC(C)C1.Cl. The van der Waals surface area contributed by atoms with Crippen LogP contribution in [-0.2, 0) is 13.1 Å². The summed E-state index contributed by atoms with van der Waals surface area (Å²) in [7, 11) is 0. The highest BCUT2D eigenvalue weighted by molar-refractivity contribution is 6.31. The lowest BCUT2D eigenvalue weighted by Crippen LogP contribution is -2.48. The van der Waals surface area contributed by atoms with E-state index in [1.807, 2.05) is 18.2 Å². The Morgan fingerprint density at radius 3 is 2.71 bits per heavy atom. The summed E-state index contributed by atoms with van der Waals surface area (Å²) < 4.78 is 2.08. The van der Waals surface area contributed by atoms with Crippen molar-refractivity contribution in [1.29, 1.82) is 0 Å². The summed E-state index contributed by atoms with van der Waals surface area (Å²) in [4.78, 5) is 2.51. The fourth-order valence-electron chi connectivity index (χ4n) is 3.28. The van der Waals surface area contributed by atoms with Gasteiger partial charge in [-0.3, -0.25) is 9.58 Å². The van der Waals surface area contributed by atoms with Crippen molar-refractivity contribution in [3.63, 3.8) is 0 Å². The van der Waals surface area contributed by atoms with Gasteiger partial charge in [0.1, 0.15) is 0 Å². The van der Waals surface area contributed by atoms with Gasteiger partial charge in [-0.2, -0.15) is 5.10 Å². The minimum Gasteiger partial charge on any atom is -0.312 e. The van der Waals surface area contributed by atoms with Crippen molar-refractivity contribution in [1.82, 2.24) is 20.0 Å². The molecule has 2 aromatic rings. The van der Waals surface area contributed by atoms with Gasteiger partial charge in [-0.25, -0.2) is 0 Å². The molecule has 1 N–H and O–H groups in total. The number of benzene rings is 1. The zero-order valence-corrected chi connectivity index (χ0v) is 16.1. The van der Waals surface area contributed by atoms with E-state index in [-0.39, 0.29) is 12.4 Å². The number of aromatic nitrogens is 2. The first kappa shape index (κ1) is 19.3. The van der Waals surface area contributed by atoms with Crippen molar-refractivity contribution in [3.8, 4) is 0 Å². The smallest absolute Gasteiger partial charge is 0.0677 e. The van der Waals surface area contributed by atoms with Crippen molar-refractivity contribution in [3.05, 3.63) is 51.8 Å². The number of nitrogens with zero attached hydrogens (tertiary/aromatic N) is 3. The van der Waals surface area contributed by atoms with Gasteiger partial charge in [0.05, 0.1) is 12.2 Å². The molecule has 1 saturated heterocycles. The Morgan fingerprint density at radius 1 is 1.25 bits per heavy atom. The van der Waals surface area contributed by atoms with E-state index in [2.05, 4.69) is 41.7 Å². The van der Waals surface area contributed by atoms with E-state index in [0.717, 1.165) is 49.0 Å². The van der Waals surface area contributed by atoms with Crippen molar-refractivity contribution in [2.45, 2.75) is 39.9 Å². The molecule has 1 aromatic carbocycles. The number of nitrogens with one attached hydrogen (secondary N) is 1. The Balaban J connectivity index is 0.00000208. The normalized spacial score (nSPS) is 18.4. The monoisotopic (exact) mass is 368 g/mol. The predicted molar refractivity (Wildman–Crippen MR) is 102 cm³/mol. The molecule has 4 nitrogen and oxygen atoms in total. The predicted octanol–water partition coefficient (Wildman–Crippen LogP) is 3.42. The summed E-state index contributed by atoms with van der Waals surface area (Å²) in [5.74, 6) is 0. The molecule has 0 radical (unpaired) electrons. The molecule has 0 aliphatic carbocycles. The fourth-order valence-corrected chi connectivity index (χ4v) is 3.48. The maximum Gasteiger partial charge on any atom is 0.0677 e. The topological polar surface area (TPSA) is 33.1 Å². The molecule has 0 bridgehead atoms. The second kappa shape index (κ2) is 8.34. The van der Waals surface area contributed by atoms with Crippen molar-refractivity contribution in [2.75, 3.05) is 19.6 Å². The molecule has 3 rings (SSSR count). The lowest BCUT2D eigenvalue weighted by atomic mass is 10.1. The zero-order valence-electron chi connectivity index (χ0n) is 14.6. The molecule has 1 aliphatic heterocycles. The molecule has 6 heteroatoms. The third kappa shape index (κ3) is 4.31. The van der Waals surface area contributed by atoms with Crippen molar-refractivity contribution < 1.29 is 0 Å². The Hall–Kier alpha value is -1.07. The summed E-state index contributed by atoms with van der Waals surface area (Å²) in [5.41, 5.74) is 4.84. The number of aryl methyl sites for hydroxylation is 1. The zero-order chi connectivity index (χ0) is 16.4. The maximum atomic E-state index is 6.29. The standard InChI is InChI=1S/C18H25ClN4.ClH/c1-13-10-22(9-8-20-13)12-17-14(2)21-23(15(17)3)11-16-6-4-5-7-18(16)19;/h4-7,13,20H,8-12H2,1-3H3;1H. The van der Waals surface area contributed by atoms with Crippen LogP contribution in [-0.4, -0.2) is 40.4 Å². The summed E-state index contributed by atoms with van der Waals surface area (Å²) in [5, 5.41) is 9.04. The molecule has 1 fully saturated rings. The van der Waals surface area contributed by atoms with Gasteiger partial charge in [-0.15, -0.1) is 12.4 Å². The first-order valence-corrected chi connectivity index (χ1v) is 8.64. The number of hydrogen-bond donors (Lipinski definition) is 1. The van der Waals surface area contributed by atoms with Crippen LogP contribution in [0.25, 0.3) is 0 Å². The van der Waals surface area contributed by atoms with Gasteiger partial charge >= 0.3 is 0 Å². The molecule has 2 heterocycles. The van der Waals surface area contributed by atoms with Crippen LogP contribution in [0, 0.1) is 13.8 Å². The number of piperazine rings is 1. The third-order valence-electron chi connectivity index (χ3n) is 4.64. The van der Waals surface area contributed by atoms with Gasteiger partial charge in [0, 0.05) is 48.5 Å². The van der Waals surface area contributed by atoms with Crippen LogP contribution in [0.3, 0.4) is 0 Å². The van der Waals surface area contributed by atoms with Crippen LogP contribution in [0.5, 0.6) is 0 Å². The van der Waals surface area contributed by atoms with E-state index in [0.29, 0.717) is 6.04 Å². The lowest BCUT2D eigenvalue weighted by Gasteiger charge is -2.31. The molecule has 132 valence electrons. The van der Waals surface area contributed by atoms with Gasteiger partial charge < -0.3 is 5.32 Å². The third-order valence-corrected chi connectivity index (χ3v) is 5.01. The van der Waals surface area contributed by atoms with E-state index in [9.17, 15) is 0 Å². The van der Waals surface area contributed by atoms with E-state index in [1.54, 1.807) is 0 Å². The second-order valence-electron chi connectivity index (χ2n) is 6.49. The van der Waals surface area contributed by atoms with Gasteiger partial charge in [-0.1, -0.05) is 29.8 Å². The first-order chi connectivity index (χ1) is 11.0. The highest BCUT2D eigenvalue weighted by atomic mass is 35.5. The Morgan fingerprint density at radius 2 is 2.00 bits per heavy atom. The van der Waals surface area contributed by atoms with Crippen molar-refractivity contribution >= 4 is 24.0 Å². The average molecular weight is 369 g/mol. The second-order valence-corrected chi connectivity index (χ2v) is 6.90. The van der Waals surface area contributed by atoms with Crippen LogP contribution in [0.4, 0.5) is 0 Å². The molecule has 0 saturated carbocycles. The molecule has 1 unspecified atom stereocenters. The highest BCUT2D eigenvalue weighted by Crippen LogP contribution is 2.20. The quantitative estimate of drug-likeness (QED) is 0.897. The van der Waals surface area contributed by atoms with Crippen LogP contribution < -0.4 is 5.32 Å². The molecular weight excluding hydrogens is 343 g/mol. The van der Waals surface area contributed by atoms with Crippen molar-refractivity contribution in [2.24, 2.45) is 0 Å². The molecule has 0 amide bonds. The summed E-state index contributed by atoms with van der Waals surface area (Å²) >= 11 is 6.29. The van der Waals surface area contributed by atoms with Crippen LogP contribution >= 0.6 is 24.0 Å². The van der Waals surface area contributed by atoms with E-state index in [1.165, 1.54) is 11.3 Å². The van der Waals surface area contributed by atoms with Gasteiger partial charge in [0.15, 0.2) is 0 Å². The maximum absolute atomic E-state index is 6.29. The Labute approximate surface area is 155 Å². The summed E-state index contributed by atoms with van der Waals surface area (Å²) in [6.07, 6.45) is 0. The lowest BCUT2D eigenvalue weighted by molar-refractivity contribution is 0.199. The Bertz CT molecular complexity index is 684. The summed E-state index contributed by atoms with van der Waals surface area (Å²) in [6.45, 7) is 11.5. The van der Waals surface area contributed by atoms with Gasteiger partial charge in [-0.05, 0) is 32.4 Å². The van der Waals surface area contributed by atoms with Crippen LogP contribution in [0.1, 0.15) is 29.4 Å². The molecule has 0 spiro atoms. The molecule has 1 aromatic heterocycles. The van der Waals surface area contributed by atoms with Crippen LogP contribution in [0.15, 0.2) is 24.3 Å².